The van der Waals surface area contributed by atoms with Crippen molar-refractivity contribution in [2.75, 3.05) is 10.6 Å². The molecule has 0 aliphatic heterocycles. The van der Waals surface area contributed by atoms with E-state index in [1.54, 1.807) is 24.3 Å². The number of aromatic nitrogens is 4. The Morgan fingerprint density at radius 3 is 1.29 bits per heavy atom. The van der Waals surface area contributed by atoms with Crippen molar-refractivity contribution >= 4 is 67.3 Å². The van der Waals surface area contributed by atoms with Crippen molar-refractivity contribution < 1.29 is 9.59 Å². The van der Waals surface area contributed by atoms with E-state index in [0.717, 1.165) is 22.1 Å². The maximum absolute atomic E-state index is 12.7. The summed E-state index contributed by atoms with van der Waals surface area (Å²) in [5.74, 6) is -0.913. The molecular formula is C27H18N6O2. The van der Waals surface area contributed by atoms with Crippen molar-refractivity contribution in [2.45, 2.75) is 6.42 Å². The van der Waals surface area contributed by atoms with Gasteiger partial charge in [0.05, 0.1) is 44.5 Å². The van der Waals surface area contributed by atoms with Crippen LogP contribution in [-0.4, -0.2) is 31.8 Å². The second-order valence-corrected chi connectivity index (χ2v) is 8.04. The minimum atomic E-state index is -0.457. The van der Waals surface area contributed by atoms with E-state index in [4.69, 9.17) is 0 Å². The molecule has 0 atom stereocenters. The Morgan fingerprint density at radius 2 is 0.857 bits per heavy atom. The number of amides is 2. The second-order valence-electron chi connectivity index (χ2n) is 8.04. The van der Waals surface area contributed by atoms with E-state index in [2.05, 4.69) is 30.6 Å². The Bertz CT molecular complexity index is 1650. The average molecular weight is 458 g/mol. The van der Waals surface area contributed by atoms with Crippen molar-refractivity contribution in [3.8, 4) is 0 Å². The first-order valence-corrected chi connectivity index (χ1v) is 11.0. The molecule has 0 radical (unpaired) electrons. The lowest BCUT2D eigenvalue weighted by molar-refractivity contribution is -0.123. The molecule has 0 saturated carbocycles. The molecule has 8 heteroatoms. The molecule has 0 aliphatic rings. The first kappa shape index (κ1) is 20.6. The quantitative estimate of drug-likeness (QED) is 0.289. The van der Waals surface area contributed by atoms with E-state index < -0.39 is 11.8 Å². The van der Waals surface area contributed by atoms with Gasteiger partial charge in [-0.05, 0) is 48.5 Å². The van der Waals surface area contributed by atoms with Crippen molar-refractivity contribution in [2.24, 2.45) is 0 Å². The summed E-state index contributed by atoms with van der Waals surface area (Å²) in [6, 6.07) is 25.8. The zero-order valence-corrected chi connectivity index (χ0v) is 18.4. The van der Waals surface area contributed by atoms with Crippen LogP contribution < -0.4 is 10.6 Å². The Morgan fingerprint density at radius 1 is 0.486 bits per heavy atom. The number of carbonyl (C=O) groups excluding carboxylic acids is 2. The molecule has 0 spiro atoms. The highest BCUT2D eigenvalue weighted by Gasteiger charge is 2.15. The molecule has 8 nitrogen and oxygen atoms in total. The van der Waals surface area contributed by atoms with E-state index in [-0.39, 0.29) is 6.42 Å². The third-order valence-corrected chi connectivity index (χ3v) is 5.61. The molecular weight excluding hydrogens is 440 g/mol. The molecule has 2 N–H and O–H groups in total. The zero-order chi connectivity index (χ0) is 23.8. The lowest BCUT2D eigenvalue weighted by Crippen LogP contribution is -2.21. The summed E-state index contributed by atoms with van der Waals surface area (Å²) in [5, 5.41) is 5.59. The van der Waals surface area contributed by atoms with Crippen LogP contribution in [0.1, 0.15) is 6.42 Å². The van der Waals surface area contributed by atoms with Crippen molar-refractivity contribution in [1.29, 1.82) is 0 Å². The molecule has 35 heavy (non-hydrogen) atoms. The standard InChI is InChI=1S/C27H18N6O2/c34-24(30-22-13-5-11-20-26(22)32-18-9-3-1-7-16(18)28-20)15-25(35)31-23-14-6-12-21-27(23)33-19-10-4-2-8-17(19)29-21/h1-14H,15H2,(H,30,34)(H,31,35). The molecule has 6 rings (SSSR count). The summed E-state index contributed by atoms with van der Waals surface area (Å²) in [4.78, 5) is 43.9. The fraction of sp³-hybridized carbons (Fsp3) is 0.0370. The fourth-order valence-electron chi connectivity index (χ4n) is 4.02. The van der Waals surface area contributed by atoms with E-state index >= 15 is 0 Å². The second kappa shape index (κ2) is 8.42. The van der Waals surface area contributed by atoms with Gasteiger partial charge in [-0.25, -0.2) is 19.9 Å². The highest BCUT2D eigenvalue weighted by atomic mass is 16.2. The summed E-state index contributed by atoms with van der Waals surface area (Å²) in [6.45, 7) is 0. The van der Waals surface area contributed by atoms with Gasteiger partial charge >= 0.3 is 0 Å². The number of para-hydroxylation sites is 6. The Kier molecular flexibility index (Phi) is 4.96. The molecule has 0 unspecified atom stereocenters. The molecule has 6 aromatic rings. The van der Waals surface area contributed by atoms with E-state index in [1.807, 2.05) is 60.7 Å². The third-order valence-electron chi connectivity index (χ3n) is 5.61. The molecule has 0 aliphatic carbocycles. The Balaban J connectivity index is 1.23. The number of hydrogen-bond acceptors (Lipinski definition) is 6. The maximum atomic E-state index is 12.7. The fourth-order valence-corrected chi connectivity index (χ4v) is 4.02. The van der Waals surface area contributed by atoms with Crippen LogP contribution in [0.25, 0.3) is 44.1 Å². The number of fused-ring (bicyclic) bond motifs is 4. The van der Waals surface area contributed by atoms with Gasteiger partial charge in [0.1, 0.15) is 17.5 Å². The van der Waals surface area contributed by atoms with Crippen molar-refractivity contribution in [1.82, 2.24) is 19.9 Å². The topological polar surface area (TPSA) is 110 Å². The van der Waals surface area contributed by atoms with Gasteiger partial charge < -0.3 is 10.6 Å². The summed E-state index contributed by atoms with van der Waals surface area (Å²) in [7, 11) is 0. The summed E-state index contributed by atoms with van der Waals surface area (Å²) < 4.78 is 0. The number of nitrogens with zero attached hydrogens (tertiary/aromatic N) is 4. The number of carbonyl (C=O) groups is 2. The highest BCUT2D eigenvalue weighted by Crippen LogP contribution is 2.25. The van der Waals surface area contributed by atoms with Crippen LogP contribution in [0, 0.1) is 0 Å². The summed E-state index contributed by atoms with van der Waals surface area (Å²) >= 11 is 0. The number of rotatable bonds is 4. The predicted molar refractivity (Wildman–Crippen MR) is 136 cm³/mol. The molecule has 2 amide bonds. The number of nitrogens with one attached hydrogen (secondary N) is 2. The minimum absolute atomic E-state index is 0.366. The van der Waals surface area contributed by atoms with Gasteiger partial charge in [0, 0.05) is 0 Å². The van der Waals surface area contributed by atoms with Crippen LogP contribution >= 0.6 is 0 Å². The average Bonchev–Trinajstić information content (AvgIpc) is 2.87. The molecule has 0 fully saturated rings. The number of anilines is 2. The Labute approximate surface area is 199 Å². The normalized spacial score (nSPS) is 11.2. The lowest BCUT2D eigenvalue weighted by atomic mass is 10.2. The monoisotopic (exact) mass is 458 g/mol. The molecule has 2 heterocycles. The largest absolute Gasteiger partial charge is 0.324 e. The van der Waals surface area contributed by atoms with Crippen molar-refractivity contribution in [3.63, 3.8) is 0 Å². The van der Waals surface area contributed by atoms with Crippen LogP contribution in [-0.2, 0) is 9.59 Å². The van der Waals surface area contributed by atoms with Gasteiger partial charge in [-0.1, -0.05) is 36.4 Å². The third kappa shape index (κ3) is 3.97. The maximum Gasteiger partial charge on any atom is 0.233 e. The minimum Gasteiger partial charge on any atom is -0.324 e. The van der Waals surface area contributed by atoms with Crippen LogP contribution in [0.4, 0.5) is 11.4 Å². The van der Waals surface area contributed by atoms with Gasteiger partial charge in [-0.3, -0.25) is 9.59 Å². The smallest absolute Gasteiger partial charge is 0.233 e. The molecule has 2 aromatic heterocycles. The van der Waals surface area contributed by atoms with E-state index in [0.29, 0.717) is 33.4 Å². The first-order valence-electron chi connectivity index (χ1n) is 11.0. The molecule has 168 valence electrons. The van der Waals surface area contributed by atoms with Gasteiger partial charge in [-0.2, -0.15) is 0 Å². The van der Waals surface area contributed by atoms with Crippen LogP contribution in [0.15, 0.2) is 84.9 Å². The summed E-state index contributed by atoms with van der Waals surface area (Å²) in [5.41, 5.74) is 6.45. The SMILES string of the molecule is O=C(CC(=O)Nc1cccc2nc3ccccc3nc12)Nc1cccc2nc3ccccc3nc12. The van der Waals surface area contributed by atoms with E-state index in [1.165, 1.54) is 0 Å². The van der Waals surface area contributed by atoms with Crippen LogP contribution in [0.2, 0.25) is 0 Å². The van der Waals surface area contributed by atoms with Crippen molar-refractivity contribution in [3.05, 3.63) is 84.9 Å². The van der Waals surface area contributed by atoms with Gasteiger partial charge in [0.15, 0.2) is 0 Å². The lowest BCUT2D eigenvalue weighted by Gasteiger charge is -2.10. The highest BCUT2D eigenvalue weighted by molar-refractivity contribution is 6.12. The zero-order valence-electron chi connectivity index (χ0n) is 18.4. The van der Waals surface area contributed by atoms with Gasteiger partial charge in [-0.15, -0.1) is 0 Å². The first-order chi connectivity index (χ1) is 17.1. The molecule has 0 saturated heterocycles. The number of hydrogen-bond donors (Lipinski definition) is 2. The van der Waals surface area contributed by atoms with E-state index in [9.17, 15) is 9.59 Å². The Hall–Kier alpha value is -4.98. The predicted octanol–water partition coefficient (Wildman–Crippen LogP) is 4.85. The van der Waals surface area contributed by atoms with Crippen LogP contribution in [0.3, 0.4) is 0 Å². The summed E-state index contributed by atoms with van der Waals surface area (Å²) in [6.07, 6.45) is -0.366. The molecule has 4 aromatic carbocycles. The number of benzene rings is 4. The van der Waals surface area contributed by atoms with Crippen LogP contribution in [0.5, 0.6) is 0 Å². The van der Waals surface area contributed by atoms with Gasteiger partial charge in [0.25, 0.3) is 0 Å². The molecule has 0 bridgehead atoms. The van der Waals surface area contributed by atoms with Gasteiger partial charge in [0.2, 0.25) is 11.8 Å².